The van der Waals surface area contributed by atoms with Gasteiger partial charge in [0.15, 0.2) is 0 Å². The molecule has 9 nitrogen and oxygen atoms in total. The number of hydroxylamine groups is 2. The number of carbonyl (C=O) groups excluding carboxylic acids is 1. The van der Waals surface area contributed by atoms with E-state index in [2.05, 4.69) is 16.4 Å². The first kappa shape index (κ1) is 24.7. The van der Waals surface area contributed by atoms with Crippen molar-refractivity contribution in [2.45, 2.75) is 38.0 Å². The molecule has 0 fully saturated rings. The van der Waals surface area contributed by atoms with Gasteiger partial charge in [-0.05, 0) is 55.3 Å². The minimum Gasteiger partial charge on any atom is -0.783 e. The molecule has 1 aromatic heterocycles. The Hall–Kier alpha value is -3.42. The van der Waals surface area contributed by atoms with Crippen molar-refractivity contribution in [2.24, 2.45) is 0 Å². The zero-order valence-corrected chi connectivity index (χ0v) is 20.2. The number of nitriles is 1. The Labute approximate surface area is 211 Å². The molecule has 3 aromatic rings. The van der Waals surface area contributed by atoms with Crippen LogP contribution in [0.5, 0.6) is 0 Å². The molecule has 4 rings (SSSR count). The average Bonchev–Trinajstić information content (AvgIpc) is 3.32. The van der Waals surface area contributed by atoms with Gasteiger partial charge in [-0.1, -0.05) is 35.3 Å². The van der Waals surface area contributed by atoms with Gasteiger partial charge in [0.1, 0.15) is 17.6 Å². The largest absolute Gasteiger partial charge is 0.783 e. The molecule has 2 heterocycles. The fourth-order valence-electron chi connectivity index (χ4n) is 4.30. The minimum atomic E-state index is -1.32. The van der Waals surface area contributed by atoms with E-state index in [-0.39, 0.29) is 12.1 Å². The second-order valence-corrected chi connectivity index (χ2v) is 9.38. The first-order valence-electron chi connectivity index (χ1n) is 10.6. The summed E-state index contributed by atoms with van der Waals surface area (Å²) in [4.78, 5) is 28.7. The number of nitrogens with one attached hydrogen (secondary N) is 1. The first-order chi connectivity index (χ1) is 16.5. The number of hydrogen-bond acceptors (Lipinski definition) is 6. The second kappa shape index (κ2) is 9.32. The summed E-state index contributed by atoms with van der Waals surface area (Å²) in [5.74, 6) is -1.58. The van der Waals surface area contributed by atoms with Crippen LogP contribution in [0.15, 0.2) is 48.7 Å². The lowest BCUT2D eigenvalue weighted by Gasteiger charge is -2.45. The number of amides is 1. The van der Waals surface area contributed by atoms with Gasteiger partial charge in [0.05, 0.1) is 29.5 Å². The van der Waals surface area contributed by atoms with Crippen LogP contribution in [0.4, 0.5) is 0 Å². The van der Waals surface area contributed by atoms with Crippen LogP contribution in [0, 0.1) is 16.5 Å². The van der Waals surface area contributed by atoms with Gasteiger partial charge in [0.2, 0.25) is 0 Å². The molecular weight excluding hydrogens is 493 g/mol. The molecule has 0 spiro atoms. The van der Waals surface area contributed by atoms with E-state index >= 15 is 0 Å². The standard InChI is InChI=1S/C24H20Cl2N5O4/c1-13(23(33)34)29-22(32)19-12-28-21-20(16-7-17(25)9-18(26)8-16)31(35)24(2,30(19)21)10-14-3-5-15(11-27)6-4-14/h3-9,12-13,20H,10H2,1-2H3,(H,29,32)(H,33,34)/q-1/t13-,20?,24?/m0/s1. The minimum absolute atomic E-state index is 0.0423. The summed E-state index contributed by atoms with van der Waals surface area (Å²) in [5, 5.41) is 36.1. The molecule has 1 aliphatic heterocycles. The Morgan fingerprint density at radius 1 is 1.26 bits per heavy atom. The molecule has 0 saturated heterocycles. The van der Waals surface area contributed by atoms with Crippen molar-refractivity contribution in [1.29, 1.82) is 5.26 Å². The monoisotopic (exact) mass is 512 g/mol. The van der Waals surface area contributed by atoms with Crippen LogP contribution in [-0.4, -0.2) is 37.6 Å². The lowest BCUT2D eigenvalue weighted by atomic mass is 9.99. The Bertz CT molecular complexity index is 1330. The average molecular weight is 513 g/mol. The van der Waals surface area contributed by atoms with E-state index in [9.17, 15) is 19.9 Å². The highest BCUT2D eigenvalue weighted by atomic mass is 35.5. The van der Waals surface area contributed by atoms with E-state index in [1.165, 1.54) is 17.7 Å². The normalized spacial score (nSPS) is 20.2. The van der Waals surface area contributed by atoms with Crippen LogP contribution in [0.1, 0.15) is 52.9 Å². The molecule has 35 heavy (non-hydrogen) atoms. The van der Waals surface area contributed by atoms with Crippen molar-refractivity contribution >= 4 is 35.1 Å². The molecule has 0 aliphatic carbocycles. The number of carboxylic acids is 1. The number of aromatic nitrogens is 2. The number of carbonyl (C=O) groups is 2. The van der Waals surface area contributed by atoms with Gasteiger partial charge in [-0.15, -0.1) is 0 Å². The zero-order chi connectivity index (χ0) is 25.5. The Balaban J connectivity index is 1.84. The molecule has 1 aliphatic rings. The van der Waals surface area contributed by atoms with Crippen molar-refractivity contribution in [1.82, 2.24) is 19.9 Å². The smallest absolute Gasteiger partial charge is 0.325 e. The fourth-order valence-corrected chi connectivity index (χ4v) is 4.84. The lowest BCUT2D eigenvalue weighted by molar-refractivity contribution is -0.138. The van der Waals surface area contributed by atoms with E-state index in [0.29, 0.717) is 27.0 Å². The van der Waals surface area contributed by atoms with Gasteiger partial charge in [-0.2, -0.15) is 5.26 Å². The van der Waals surface area contributed by atoms with Crippen LogP contribution in [0.3, 0.4) is 0 Å². The van der Waals surface area contributed by atoms with Crippen LogP contribution in [0.2, 0.25) is 10.0 Å². The lowest BCUT2D eigenvalue weighted by Crippen LogP contribution is -2.45. The summed E-state index contributed by atoms with van der Waals surface area (Å²) < 4.78 is 1.53. The molecule has 2 N–H and O–H groups in total. The van der Waals surface area contributed by atoms with Crippen LogP contribution < -0.4 is 5.32 Å². The van der Waals surface area contributed by atoms with Gasteiger partial charge in [0, 0.05) is 16.5 Å². The third-order valence-electron chi connectivity index (χ3n) is 6.00. The summed E-state index contributed by atoms with van der Waals surface area (Å²) in [5.41, 5.74) is 0.446. The number of halogens is 2. The van der Waals surface area contributed by atoms with E-state index in [4.69, 9.17) is 28.5 Å². The quantitative estimate of drug-likeness (QED) is 0.507. The summed E-state index contributed by atoms with van der Waals surface area (Å²) in [6, 6.07) is 11.5. The van der Waals surface area contributed by atoms with Crippen molar-refractivity contribution in [3.05, 3.63) is 92.1 Å². The molecule has 2 unspecified atom stereocenters. The van der Waals surface area contributed by atoms with Crippen molar-refractivity contribution in [3.8, 4) is 6.07 Å². The molecule has 0 saturated carbocycles. The predicted molar refractivity (Wildman–Crippen MR) is 129 cm³/mol. The van der Waals surface area contributed by atoms with E-state index in [1.807, 2.05) is 0 Å². The highest BCUT2D eigenvalue weighted by molar-refractivity contribution is 6.34. The number of rotatable bonds is 6. The highest BCUT2D eigenvalue weighted by Gasteiger charge is 2.46. The number of imidazole rings is 1. The molecule has 0 bridgehead atoms. The van der Waals surface area contributed by atoms with Crippen molar-refractivity contribution < 1.29 is 14.7 Å². The number of aliphatic carboxylic acids is 1. The Kier molecular flexibility index (Phi) is 6.58. The van der Waals surface area contributed by atoms with Crippen LogP contribution in [-0.2, 0) is 16.9 Å². The molecule has 3 atom stereocenters. The number of benzene rings is 2. The maximum absolute atomic E-state index is 13.9. The summed E-state index contributed by atoms with van der Waals surface area (Å²) in [6.07, 6.45) is 1.49. The highest BCUT2D eigenvalue weighted by Crippen LogP contribution is 2.46. The Morgan fingerprint density at radius 3 is 2.46 bits per heavy atom. The van der Waals surface area contributed by atoms with Gasteiger partial charge in [-0.3, -0.25) is 9.59 Å². The Morgan fingerprint density at radius 2 is 1.89 bits per heavy atom. The van der Waals surface area contributed by atoms with Crippen LogP contribution >= 0.6 is 23.2 Å². The summed E-state index contributed by atoms with van der Waals surface area (Å²) >= 11 is 12.4. The maximum atomic E-state index is 13.9. The number of carboxylic acid groups (broad SMARTS) is 1. The molecule has 11 heteroatoms. The van der Waals surface area contributed by atoms with E-state index in [0.717, 1.165) is 10.6 Å². The number of fused-ring (bicyclic) bond motifs is 1. The zero-order valence-electron chi connectivity index (χ0n) is 18.7. The van der Waals surface area contributed by atoms with Gasteiger partial charge >= 0.3 is 5.97 Å². The van der Waals surface area contributed by atoms with Gasteiger partial charge in [-0.25, -0.2) is 4.98 Å². The maximum Gasteiger partial charge on any atom is 0.325 e. The number of hydrogen-bond donors (Lipinski definition) is 2. The molecule has 180 valence electrons. The molecule has 2 aromatic carbocycles. The van der Waals surface area contributed by atoms with Crippen molar-refractivity contribution in [3.63, 3.8) is 0 Å². The third kappa shape index (κ3) is 4.49. The SMILES string of the molecule is C[C@H](NC(=O)c1cnc2n1C(C)(Cc1ccc(C#N)cc1)N([O-])C2c1cc(Cl)cc(Cl)c1)C(=O)O. The third-order valence-corrected chi connectivity index (χ3v) is 6.43. The van der Waals surface area contributed by atoms with Gasteiger partial charge < -0.3 is 25.3 Å². The molecular formula is C24H20Cl2N5O4-. The second-order valence-electron chi connectivity index (χ2n) is 8.50. The van der Waals surface area contributed by atoms with Gasteiger partial charge in [0.25, 0.3) is 5.91 Å². The van der Waals surface area contributed by atoms with Crippen molar-refractivity contribution in [2.75, 3.05) is 0 Å². The van der Waals surface area contributed by atoms with Crippen LogP contribution in [0.25, 0.3) is 0 Å². The first-order valence-corrected chi connectivity index (χ1v) is 11.3. The topological polar surface area (TPSA) is 134 Å². The fraction of sp³-hybridized carbons (Fsp3) is 0.250. The summed E-state index contributed by atoms with van der Waals surface area (Å²) in [6.45, 7) is 3.01. The molecule has 1 amide bonds. The number of nitrogens with zero attached hydrogens (tertiary/aromatic N) is 4. The summed E-state index contributed by atoms with van der Waals surface area (Å²) in [7, 11) is 0. The predicted octanol–water partition coefficient (Wildman–Crippen LogP) is 4.08. The molecule has 0 radical (unpaired) electrons. The van der Waals surface area contributed by atoms with E-state index in [1.54, 1.807) is 49.4 Å². The van der Waals surface area contributed by atoms with E-state index < -0.39 is 29.6 Å².